The van der Waals surface area contributed by atoms with Crippen LogP contribution < -0.4 is 5.32 Å². The van der Waals surface area contributed by atoms with Crippen molar-refractivity contribution in [1.82, 2.24) is 5.32 Å². The van der Waals surface area contributed by atoms with E-state index in [1.165, 1.54) is 70.6 Å². The number of carbonyl (C=O) groups excluding carboxylic acids is 2. The number of ether oxygens (including phenoxy) is 1. The number of aliphatic hydroxyl groups is 2. The standard InChI is InChI=1S/C59H99NO5/c1-4-7-10-13-16-19-22-24-26-28-30-32-34-37-40-43-46-49-52-59(64)65-55(50-47-44-41-38-36-33-31-29-27-25-23-20-17-14-11-8-5-2)53-58(63)60-56(54-61)57(62)51-48-45-42-39-35-21-18-15-12-9-6-3/h8,11,16-17,19-20,22,24-28,30-33,38,41,55-57,61-62H,4-7,9-10,12-15,18,21,23,29,34-37,39-40,42-54H2,1-3H3,(H,60,63)/b11-8-,19-16+,20-17-,24-22+,27-25-,28-26+,32-30+,33-31-,41-38-. The molecule has 0 aliphatic carbocycles. The van der Waals surface area contributed by atoms with E-state index in [2.05, 4.69) is 135 Å². The van der Waals surface area contributed by atoms with E-state index >= 15 is 0 Å². The Hall–Kier alpha value is -3.48. The zero-order valence-corrected chi connectivity index (χ0v) is 42.1. The molecule has 6 nitrogen and oxygen atoms in total. The minimum atomic E-state index is -0.813. The first kappa shape index (κ1) is 61.5. The quantitative estimate of drug-likeness (QED) is 0.0245. The van der Waals surface area contributed by atoms with E-state index < -0.39 is 18.2 Å². The molecule has 6 heteroatoms. The Morgan fingerprint density at radius 2 is 0.908 bits per heavy atom. The maximum Gasteiger partial charge on any atom is 0.306 e. The molecule has 1 amide bonds. The topological polar surface area (TPSA) is 95.9 Å². The van der Waals surface area contributed by atoms with Crippen molar-refractivity contribution in [2.75, 3.05) is 6.61 Å². The Labute approximate surface area is 400 Å². The van der Waals surface area contributed by atoms with Gasteiger partial charge in [-0.15, -0.1) is 0 Å². The van der Waals surface area contributed by atoms with Crippen molar-refractivity contribution in [3.63, 3.8) is 0 Å². The number of amides is 1. The lowest BCUT2D eigenvalue weighted by molar-refractivity contribution is -0.151. The number of esters is 1. The number of aliphatic hydroxyl groups excluding tert-OH is 2. The van der Waals surface area contributed by atoms with Crippen LogP contribution in [0.25, 0.3) is 0 Å². The molecule has 3 atom stereocenters. The van der Waals surface area contributed by atoms with Crippen molar-refractivity contribution in [2.45, 2.75) is 244 Å². The van der Waals surface area contributed by atoms with Gasteiger partial charge in [0.15, 0.2) is 0 Å². The summed E-state index contributed by atoms with van der Waals surface area (Å²) in [6.07, 6.45) is 70.0. The first-order valence-corrected chi connectivity index (χ1v) is 26.7. The van der Waals surface area contributed by atoms with Crippen molar-refractivity contribution in [3.8, 4) is 0 Å². The average Bonchev–Trinajstić information content (AvgIpc) is 3.30. The third-order valence-corrected chi connectivity index (χ3v) is 11.4. The molecule has 65 heavy (non-hydrogen) atoms. The fourth-order valence-corrected chi connectivity index (χ4v) is 7.41. The fourth-order valence-electron chi connectivity index (χ4n) is 7.41. The van der Waals surface area contributed by atoms with Crippen LogP contribution in [0.1, 0.15) is 226 Å². The van der Waals surface area contributed by atoms with Crippen LogP contribution in [0.3, 0.4) is 0 Å². The maximum atomic E-state index is 13.2. The minimum absolute atomic E-state index is 0.0221. The predicted molar refractivity (Wildman–Crippen MR) is 282 cm³/mol. The Balaban J connectivity index is 4.77. The summed E-state index contributed by atoms with van der Waals surface area (Å²) in [4.78, 5) is 26.2. The predicted octanol–water partition coefficient (Wildman–Crippen LogP) is 16.3. The molecule has 0 aromatic rings. The van der Waals surface area contributed by atoms with Crippen molar-refractivity contribution >= 4 is 11.9 Å². The molecule has 0 rings (SSSR count). The minimum Gasteiger partial charge on any atom is -0.462 e. The van der Waals surface area contributed by atoms with Gasteiger partial charge >= 0.3 is 5.97 Å². The second kappa shape index (κ2) is 51.5. The van der Waals surface area contributed by atoms with Gasteiger partial charge in [0.1, 0.15) is 6.10 Å². The molecule has 3 N–H and O–H groups in total. The first-order chi connectivity index (χ1) is 32.0. The SMILES string of the molecule is CC/C=C\C/C=C\C/C=C\C/C=C\C/C=C\CCCC(CC(=O)NC(CO)C(O)CCCCCCCCCCCCC)OC(=O)CCCCCCC/C=C/C=C/C=C/C=C/CCCCC. The van der Waals surface area contributed by atoms with Crippen molar-refractivity contribution in [1.29, 1.82) is 0 Å². The number of unbranched alkanes of at least 4 members (excludes halogenated alkanes) is 19. The summed E-state index contributed by atoms with van der Waals surface area (Å²) in [6.45, 7) is 6.30. The molecule has 0 spiro atoms. The Kier molecular flexibility index (Phi) is 48.7. The normalized spacial score (nSPS) is 14.1. The second-order valence-corrected chi connectivity index (χ2v) is 17.6. The largest absolute Gasteiger partial charge is 0.462 e. The monoisotopic (exact) mass is 902 g/mol. The van der Waals surface area contributed by atoms with Crippen LogP contribution in [0.4, 0.5) is 0 Å². The van der Waals surface area contributed by atoms with Crippen LogP contribution in [-0.2, 0) is 14.3 Å². The van der Waals surface area contributed by atoms with Crippen molar-refractivity contribution in [2.24, 2.45) is 0 Å². The number of nitrogens with one attached hydrogen (secondary N) is 1. The van der Waals surface area contributed by atoms with E-state index in [0.29, 0.717) is 19.3 Å². The third kappa shape index (κ3) is 46.8. The summed E-state index contributed by atoms with van der Waals surface area (Å²) in [5, 5.41) is 23.7. The Bertz CT molecular complexity index is 1330. The van der Waals surface area contributed by atoms with Crippen LogP contribution in [0.5, 0.6) is 0 Å². The van der Waals surface area contributed by atoms with E-state index in [9.17, 15) is 19.8 Å². The molecule has 0 aromatic carbocycles. The molecule has 0 aliphatic heterocycles. The molecular formula is C59H99NO5. The molecule has 0 heterocycles. The lowest BCUT2D eigenvalue weighted by atomic mass is 10.0. The summed E-state index contributed by atoms with van der Waals surface area (Å²) in [7, 11) is 0. The number of hydrogen-bond donors (Lipinski definition) is 3. The molecule has 0 fully saturated rings. The van der Waals surface area contributed by atoms with Crippen LogP contribution in [0.15, 0.2) is 109 Å². The van der Waals surface area contributed by atoms with E-state index in [1.807, 2.05) is 0 Å². The van der Waals surface area contributed by atoms with E-state index in [1.54, 1.807) is 0 Å². The molecule has 0 aromatic heterocycles. The van der Waals surface area contributed by atoms with Crippen LogP contribution >= 0.6 is 0 Å². The van der Waals surface area contributed by atoms with Gasteiger partial charge in [-0.05, 0) is 89.9 Å². The number of carbonyl (C=O) groups is 2. The van der Waals surface area contributed by atoms with Gasteiger partial charge in [0.05, 0.1) is 25.2 Å². The maximum absolute atomic E-state index is 13.2. The van der Waals surface area contributed by atoms with Gasteiger partial charge < -0.3 is 20.3 Å². The molecule has 0 aliphatic rings. The highest BCUT2D eigenvalue weighted by Crippen LogP contribution is 2.16. The summed E-state index contributed by atoms with van der Waals surface area (Å²) >= 11 is 0. The molecule has 0 radical (unpaired) electrons. The zero-order chi connectivity index (χ0) is 47.4. The van der Waals surface area contributed by atoms with E-state index in [4.69, 9.17) is 4.74 Å². The highest BCUT2D eigenvalue weighted by atomic mass is 16.5. The number of hydrogen-bond acceptors (Lipinski definition) is 5. The lowest BCUT2D eigenvalue weighted by Crippen LogP contribution is -2.46. The first-order valence-electron chi connectivity index (χ1n) is 26.7. The van der Waals surface area contributed by atoms with Gasteiger partial charge in [0.2, 0.25) is 5.91 Å². The van der Waals surface area contributed by atoms with Crippen LogP contribution in [-0.4, -0.2) is 46.9 Å². The van der Waals surface area contributed by atoms with Gasteiger partial charge in [-0.2, -0.15) is 0 Å². The van der Waals surface area contributed by atoms with Gasteiger partial charge in [0, 0.05) is 6.42 Å². The molecule has 370 valence electrons. The molecular weight excluding hydrogens is 803 g/mol. The van der Waals surface area contributed by atoms with Gasteiger partial charge in [-0.1, -0.05) is 233 Å². The molecule has 0 saturated carbocycles. The number of rotatable bonds is 46. The van der Waals surface area contributed by atoms with E-state index in [-0.39, 0.29) is 24.9 Å². The Morgan fingerprint density at radius 1 is 0.477 bits per heavy atom. The van der Waals surface area contributed by atoms with Gasteiger partial charge in [-0.3, -0.25) is 9.59 Å². The highest BCUT2D eigenvalue weighted by molar-refractivity contribution is 5.77. The zero-order valence-electron chi connectivity index (χ0n) is 42.1. The summed E-state index contributed by atoms with van der Waals surface area (Å²) in [5.74, 6) is -0.565. The average molecular weight is 902 g/mol. The fraction of sp³-hybridized carbons (Fsp3) is 0.661. The Morgan fingerprint density at radius 3 is 1.45 bits per heavy atom. The van der Waals surface area contributed by atoms with E-state index in [0.717, 1.165) is 109 Å². The summed E-state index contributed by atoms with van der Waals surface area (Å²) in [6, 6.07) is -0.732. The van der Waals surface area contributed by atoms with Crippen molar-refractivity contribution < 1.29 is 24.5 Å². The molecule has 0 saturated heterocycles. The lowest BCUT2D eigenvalue weighted by Gasteiger charge is -2.24. The van der Waals surface area contributed by atoms with Crippen molar-refractivity contribution in [3.05, 3.63) is 109 Å². The third-order valence-electron chi connectivity index (χ3n) is 11.4. The van der Waals surface area contributed by atoms with Crippen LogP contribution in [0.2, 0.25) is 0 Å². The summed E-state index contributed by atoms with van der Waals surface area (Å²) in [5.41, 5.74) is 0. The van der Waals surface area contributed by atoms with Gasteiger partial charge in [-0.25, -0.2) is 0 Å². The second-order valence-electron chi connectivity index (χ2n) is 17.6. The number of allylic oxidation sites excluding steroid dienone is 18. The van der Waals surface area contributed by atoms with Crippen LogP contribution in [0, 0.1) is 0 Å². The summed E-state index contributed by atoms with van der Waals surface area (Å²) < 4.78 is 5.91. The smallest absolute Gasteiger partial charge is 0.306 e. The molecule has 3 unspecified atom stereocenters. The highest BCUT2D eigenvalue weighted by Gasteiger charge is 2.24. The van der Waals surface area contributed by atoms with Gasteiger partial charge in [0.25, 0.3) is 0 Å². The molecule has 0 bridgehead atoms.